The summed E-state index contributed by atoms with van der Waals surface area (Å²) in [6.45, 7) is 6.38. The Morgan fingerprint density at radius 1 is 1.06 bits per heavy atom. The summed E-state index contributed by atoms with van der Waals surface area (Å²) in [6, 6.07) is 9.44. The summed E-state index contributed by atoms with van der Waals surface area (Å²) < 4.78 is 6.62. The minimum Gasteiger partial charge on any atom is -0.465 e. The molecule has 31 heavy (non-hydrogen) atoms. The van der Waals surface area contributed by atoms with E-state index in [-0.39, 0.29) is 23.1 Å². The highest BCUT2D eigenvalue weighted by Gasteiger charge is 2.33. The number of aryl methyl sites for hydroxylation is 1. The van der Waals surface area contributed by atoms with E-state index < -0.39 is 6.04 Å². The van der Waals surface area contributed by atoms with Gasteiger partial charge in [-0.25, -0.2) is 9.48 Å². The molecule has 1 aliphatic rings. The molecule has 1 amide bonds. The number of ether oxygens (including phenoxy) is 1. The first-order valence-corrected chi connectivity index (χ1v) is 10.9. The van der Waals surface area contributed by atoms with Gasteiger partial charge >= 0.3 is 5.97 Å². The van der Waals surface area contributed by atoms with Crippen molar-refractivity contribution in [2.45, 2.75) is 32.9 Å². The van der Waals surface area contributed by atoms with Crippen LogP contribution in [0.25, 0.3) is 0 Å². The van der Waals surface area contributed by atoms with Gasteiger partial charge in [0.25, 0.3) is 11.5 Å². The fourth-order valence-corrected chi connectivity index (χ4v) is 3.77. The molecule has 1 saturated heterocycles. The zero-order chi connectivity index (χ0) is 22.4. The summed E-state index contributed by atoms with van der Waals surface area (Å²) in [5.74, 6) is -0.540. The van der Waals surface area contributed by atoms with Crippen LogP contribution in [0.15, 0.2) is 41.2 Å². The van der Waals surface area contributed by atoms with Gasteiger partial charge in [0, 0.05) is 43.8 Å². The Balaban J connectivity index is 1.72. The fraction of sp³-hybridized carbons (Fsp3) is 0.455. The van der Waals surface area contributed by atoms with Crippen molar-refractivity contribution >= 4 is 23.5 Å². The number of benzene rings is 1. The van der Waals surface area contributed by atoms with Crippen LogP contribution >= 0.6 is 11.6 Å². The van der Waals surface area contributed by atoms with Gasteiger partial charge in [0.05, 0.1) is 6.61 Å². The van der Waals surface area contributed by atoms with Crippen molar-refractivity contribution in [1.82, 2.24) is 19.6 Å². The Labute approximate surface area is 186 Å². The van der Waals surface area contributed by atoms with Crippen molar-refractivity contribution < 1.29 is 14.3 Å². The Morgan fingerprint density at radius 2 is 1.74 bits per heavy atom. The van der Waals surface area contributed by atoms with Crippen molar-refractivity contribution in [3.8, 4) is 0 Å². The molecule has 1 atom stereocenters. The lowest BCUT2D eigenvalue weighted by Crippen LogP contribution is -2.51. The molecule has 0 unspecified atom stereocenters. The van der Waals surface area contributed by atoms with Gasteiger partial charge in [-0.1, -0.05) is 30.7 Å². The third-order valence-electron chi connectivity index (χ3n) is 5.18. The van der Waals surface area contributed by atoms with Crippen LogP contribution in [0, 0.1) is 0 Å². The highest BCUT2D eigenvalue weighted by molar-refractivity contribution is 6.30. The molecule has 0 aliphatic carbocycles. The molecule has 2 heterocycles. The van der Waals surface area contributed by atoms with Gasteiger partial charge in [0.15, 0.2) is 0 Å². The molecule has 0 spiro atoms. The minimum absolute atomic E-state index is 0.219. The molecular formula is C22H27ClN4O4. The van der Waals surface area contributed by atoms with Crippen molar-refractivity contribution in [3.05, 3.63) is 63.0 Å². The second-order valence-electron chi connectivity index (χ2n) is 7.31. The van der Waals surface area contributed by atoms with Gasteiger partial charge in [0.1, 0.15) is 11.7 Å². The largest absolute Gasteiger partial charge is 0.465 e. The van der Waals surface area contributed by atoms with Crippen LogP contribution in [-0.4, -0.2) is 64.2 Å². The lowest BCUT2D eigenvalue weighted by Gasteiger charge is -2.38. The van der Waals surface area contributed by atoms with E-state index in [9.17, 15) is 14.4 Å². The first-order chi connectivity index (χ1) is 14.9. The van der Waals surface area contributed by atoms with Gasteiger partial charge in [-0.15, -0.1) is 0 Å². The first-order valence-electron chi connectivity index (χ1n) is 10.5. The number of carbonyl (C=O) groups is 2. The average Bonchev–Trinajstić information content (AvgIpc) is 2.77. The van der Waals surface area contributed by atoms with Gasteiger partial charge in [0.2, 0.25) is 0 Å². The predicted molar refractivity (Wildman–Crippen MR) is 117 cm³/mol. The highest BCUT2D eigenvalue weighted by Crippen LogP contribution is 2.25. The molecule has 3 rings (SSSR count). The molecule has 1 fully saturated rings. The Hall–Kier alpha value is -2.71. The van der Waals surface area contributed by atoms with Crippen LogP contribution in [0.4, 0.5) is 0 Å². The number of esters is 1. The number of piperazine rings is 1. The Morgan fingerprint density at radius 3 is 2.35 bits per heavy atom. The Kier molecular flexibility index (Phi) is 7.81. The molecule has 0 N–H and O–H groups in total. The standard InChI is InChI=1S/C22H27ClN4O4/c1-3-11-27-19(28)10-9-18(24-27)21(29)26-14-12-25(13-15-26)20(22(30)31-4-2)16-5-7-17(23)8-6-16/h5-10,20H,3-4,11-15H2,1-2H3/t20-/m1/s1. The lowest BCUT2D eigenvalue weighted by atomic mass is 10.0. The number of rotatable bonds is 7. The molecule has 0 bridgehead atoms. The van der Waals surface area contributed by atoms with Crippen LogP contribution in [0.1, 0.15) is 42.4 Å². The van der Waals surface area contributed by atoms with E-state index in [2.05, 4.69) is 5.10 Å². The van der Waals surface area contributed by atoms with Crippen molar-refractivity contribution in [2.24, 2.45) is 0 Å². The van der Waals surface area contributed by atoms with Crippen LogP contribution < -0.4 is 5.56 Å². The van der Waals surface area contributed by atoms with Crippen LogP contribution in [0.3, 0.4) is 0 Å². The van der Waals surface area contributed by atoms with E-state index >= 15 is 0 Å². The van der Waals surface area contributed by atoms with E-state index in [1.165, 1.54) is 16.8 Å². The SMILES string of the molecule is CCCn1nc(C(=O)N2CCN([C@@H](C(=O)OCC)c3ccc(Cl)cc3)CC2)ccc1=O. The van der Waals surface area contributed by atoms with E-state index in [1.54, 1.807) is 24.0 Å². The van der Waals surface area contributed by atoms with Gasteiger partial charge in [-0.3, -0.25) is 14.5 Å². The van der Waals surface area contributed by atoms with Crippen molar-refractivity contribution in [1.29, 1.82) is 0 Å². The molecular weight excluding hydrogens is 420 g/mol. The summed E-state index contributed by atoms with van der Waals surface area (Å²) in [4.78, 5) is 41.2. The van der Waals surface area contributed by atoms with Crippen LogP contribution in [0.2, 0.25) is 5.02 Å². The van der Waals surface area contributed by atoms with E-state index in [0.717, 1.165) is 12.0 Å². The summed E-state index contributed by atoms with van der Waals surface area (Å²) in [7, 11) is 0. The van der Waals surface area contributed by atoms with Gasteiger partial charge in [-0.05, 0) is 37.1 Å². The predicted octanol–water partition coefficient (Wildman–Crippen LogP) is 2.37. The zero-order valence-corrected chi connectivity index (χ0v) is 18.5. The maximum absolute atomic E-state index is 12.9. The van der Waals surface area contributed by atoms with Crippen LogP contribution in [0.5, 0.6) is 0 Å². The zero-order valence-electron chi connectivity index (χ0n) is 17.8. The van der Waals surface area contributed by atoms with Crippen molar-refractivity contribution in [2.75, 3.05) is 32.8 Å². The summed E-state index contributed by atoms with van der Waals surface area (Å²) in [5, 5.41) is 4.81. The number of halogens is 1. The summed E-state index contributed by atoms with van der Waals surface area (Å²) in [5.41, 5.74) is 0.834. The number of nitrogens with zero attached hydrogens (tertiary/aromatic N) is 4. The molecule has 0 saturated carbocycles. The molecule has 2 aromatic rings. The maximum atomic E-state index is 12.9. The molecule has 1 aromatic carbocycles. The van der Waals surface area contributed by atoms with Crippen LogP contribution in [-0.2, 0) is 16.1 Å². The highest BCUT2D eigenvalue weighted by atomic mass is 35.5. The number of amides is 1. The summed E-state index contributed by atoms with van der Waals surface area (Å²) >= 11 is 5.99. The quantitative estimate of drug-likeness (QED) is 0.607. The third-order valence-corrected chi connectivity index (χ3v) is 5.44. The average molecular weight is 447 g/mol. The van der Waals surface area contributed by atoms with Gasteiger partial charge in [-0.2, -0.15) is 5.10 Å². The maximum Gasteiger partial charge on any atom is 0.328 e. The molecule has 1 aromatic heterocycles. The smallest absolute Gasteiger partial charge is 0.328 e. The number of carbonyl (C=O) groups excluding carboxylic acids is 2. The molecule has 0 radical (unpaired) electrons. The Bertz CT molecular complexity index is 968. The minimum atomic E-state index is -0.556. The second-order valence-corrected chi connectivity index (χ2v) is 7.75. The monoisotopic (exact) mass is 446 g/mol. The molecule has 1 aliphatic heterocycles. The van der Waals surface area contributed by atoms with Crippen molar-refractivity contribution in [3.63, 3.8) is 0 Å². The summed E-state index contributed by atoms with van der Waals surface area (Å²) in [6.07, 6.45) is 0.753. The van der Waals surface area contributed by atoms with E-state index in [1.807, 2.05) is 24.0 Å². The number of hydrogen-bond acceptors (Lipinski definition) is 6. The number of aromatic nitrogens is 2. The third kappa shape index (κ3) is 5.51. The fourth-order valence-electron chi connectivity index (χ4n) is 3.64. The van der Waals surface area contributed by atoms with E-state index in [0.29, 0.717) is 44.4 Å². The van der Waals surface area contributed by atoms with E-state index in [4.69, 9.17) is 16.3 Å². The first kappa shape index (κ1) is 23.0. The number of hydrogen-bond donors (Lipinski definition) is 0. The normalized spacial score (nSPS) is 15.5. The molecule has 8 nitrogen and oxygen atoms in total. The molecule has 9 heteroatoms. The second kappa shape index (κ2) is 10.5. The topological polar surface area (TPSA) is 84.7 Å². The lowest BCUT2D eigenvalue weighted by molar-refractivity contribution is -0.150. The van der Waals surface area contributed by atoms with Gasteiger partial charge < -0.3 is 9.64 Å². The molecule has 166 valence electrons.